The minimum Gasteiger partial charge on any atom is -0.481 e. The molecule has 0 spiro atoms. The molecule has 158 valence electrons. The predicted octanol–water partition coefficient (Wildman–Crippen LogP) is 3.28. The molecule has 2 aromatic heterocycles. The third-order valence-corrected chi connectivity index (χ3v) is 6.10. The molecule has 0 radical (unpaired) electrons. The predicted molar refractivity (Wildman–Crippen MR) is 111 cm³/mol. The van der Waals surface area contributed by atoms with E-state index >= 15 is 0 Å². The van der Waals surface area contributed by atoms with E-state index in [-0.39, 0.29) is 11.9 Å². The highest BCUT2D eigenvalue weighted by Gasteiger charge is 2.25. The van der Waals surface area contributed by atoms with Crippen molar-refractivity contribution >= 4 is 17.2 Å². The van der Waals surface area contributed by atoms with Gasteiger partial charge < -0.3 is 15.8 Å². The van der Waals surface area contributed by atoms with Gasteiger partial charge in [0, 0.05) is 6.04 Å². The van der Waals surface area contributed by atoms with Gasteiger partial charge in [-0.05, 0) is 55.6 Å². The Morgan fingerprint density at radius 1 is 1.37 bits per heavy atom. The van der Waals surface area contributed by atoms with Crippen LogP contribution in [0.4, 0.5) is 8.78 Å². The number of aryl methyl sites for hydroxylation is 1. The summed E-state index contributed by atoms with van der Waals surface area (Å²) < 4.78 is 34.4. The van der Waals surface area contributed by atoms with Crippen LogP contribution < -0.4 is 15.8 Å². The van der Waals surface area contributed by atoms with E-state index in [4.69, 9.17) is 10.5 Å². The third kappa shape index (κ3) is 4.08. The largest absolute Gasteiger partial charge is 0.481 e. The Kier molecular flexibility index (Phi) is 5.83. The molecule has 1 atom stereocenters. The number of benzene rings is 1. The van der Waals surface area contributed by atoms with Gasteiger partial charge in [0.15, 0.2) is 16.7 Å². The number of thiophene rings is 1. The maximum atomic E-state index is 13.5. The zero-order chi connectivity index (χ0) is 21.3. The molecule has 0 saturated heterocycles. The summed E-state index contributed by atoms with van der Waals surface area (Å²) in [5.74, 6) is -2.05. The lowest BCUT2D eigenvalue weighted by Gasteiger charge is -2.18. The van der Waals surface area contributed by atoms with E-state index in [1.165, 1.54) is 17.4 Å². The molecular weight excluding hydrogens is 410 g/mol. The molecule has 0 fully saturated rings. The Labute approximate surface area is 176 Å². The van der Waals surface area contributed by atoms with Gasteiger partial charge in [0.05, 0.1) is 28.9 Å². The van der Waals surface area contributed by atoms with Crippen LogP contribution in [0.2, 0.25) is 0 Å². The Hall–Kier alpha value is -2.78. The lowest BCUT2D eigenvalue weighted by atomic mass is 10.0. The van der Waals surface area contributed by atoms with E-state index in [1.807, 2.05) is 17.7 Å². The number of hydrogen-bond acceptors (Lipinski definition) is 5. The molecule has 1 aromatic carbocycles. The lowest BCUT2D eigenvalue weighted by Crippen LogP contribution is -2.37. The Morgan fingerprint density at radius 2 is 2.20 bits per heavy atom. The Morgan fingerprint density at radius 3 is 2.97 bits per heavy atom. The highest BCUT2D eigenvalue weighted by atomic mass is 32.1. The third-order valence-electron chi connectivity index (χ3n) is 5.05. The maximum Gasteiger partial charge on any atom is 0.261 e. The Bertz CT molecular complexity index is 1080. The van der Waals surface area contributed by atoms with Crippen molar-refractivity contribution in [2.75, 3.05) is 13.2 Å². The number of carbonyl (C=O) groups is 1. The number of nitrogens with zero attached hydrogens (tertiary/aromatic N) is 2. The van der Waals surface area contributed by atoms with Crippen molar-refractivity contribution in [1.29, 1.82) is 0 Å². The molecule has 0 unspecified atom stereocenters. The van der Waals surface area contributed by atoms with Gasteiger partial charge in [-0.25, -0.2) is 8.78 Å². The molecule has 1 amide bonds. The van der Waals surface area contributed by atoms with Gasteiger partial charge in [0.2, 0.25) is 0 Å². The van der Waals surface area contributed by atoms with Crippen molar-refractivity contribution < 1.29 is 18.3 Å². The number of rotatable bonds is 6. The summed E-state index contributed by atoms with van der Waals surface area (Å²) in [6.07, 6.45) is 2.67. The van der Waals surface area contributed by atoms with Gasteiger partial charge in [-0.2, -0.15) is 5.10 Å². The topological polar surface area (TPSA) is 82.2 Å². The molecule has 3 N–H and O–H groups in total. The molecule has 0 bridgehead atoms. The second-order valence-electron chi connectivity index (χ2n) is 7.26. The van der Waals surface area contributed by atoms with Crippen molar-refractivity contribution in [1.82, 2.24) is 15.1 Å². The second-order valence-corrected chi connectivity index (χ2v) is 8.27. The minimum atomic E-state index is -0.906. The molecular formula is C21H22F2N4O2S. The van der Waals surface area contributed by atoms with Gasteiger partial charge in [-0.3, -0.25) is 9.48 Å². The van der Waals surface area contributed by atoms with Gasteiger partial charge in [0.25, 0.3) is 5.91 Å². The molecule has 0 aliphatic carbocycles. The van der Waals surface area contributed by atoms with Crippen LogP contribution in [0.15, 0.2) is 30.5 Å². The number of nitrogens with two attached hydrogens (primary N) is 1. The molecule has 30 heavy (non-hydrogen) atoms. The normalized spacial score (nSPS) is 13.7. The number of nitrogens with one attached hydrogen (secondary N) is 1. The molecule has 3 aromatic rings. The summed E-state index contributed by atoms with van der Waals surface area (Å²) in [7, 11) is 0. The first-order chi connectivity index (χ1) is 14.5. The fourth-order valence-corrected chi connectivity index (χ4v) is 4.55. The van der Waals surface area contributed by atoms with Crippen LogP contribution in [-0.4, -0.2) is 34.9 Å². The number of aromatic nitrogens is 2. The Balaban J connectivity index is 1.54. The number of carbonyl (C=O) groups excluding carboxylic acids is 1. The van der Waals surface area contributed by atoms with Crippen LogP contribution in [0.3, 0.4) is 0 Å². The molecule has 3 heterocycles. The number of amides is 1. The van der Waals surface area contributed by atoms with Crippen molar-refractivity contribution in [3.8, 4) is 16.3 Å². The van der Waals surface area contributed by atoms with Gasteiger partial charge in [-0.1, -0.05) is 17.4 Å². The van der Waals surface area contributed by atoms with E-state index in [1.54, 1.807) is 6.20 Å². The van der Waals surface area contributed by atoms with Crippen molar-refractivity contribution in [2.24, 2.45) is 5.73 Å². The van der Waals surface area contributed by atoms with Gasteiger partial charge in [-0.15, -0.1) is 0 Å². The number of fused-ring (bicyclic) bond motifs is 3. The minimum absolute atomic E-state index is 0.249. The molecule has 0 saturated carbocycles. The van der Waals surface area contributed by atoms with Crippen LogP contribution >= 0.6 is 11.3 Å². The number of ether oxygens (including phenoxy) is 1. The first-order valence-electron chi connectivity index (χ1n) is 9.70. The summed E-state index contributed by atoms with van der Waals surface area (Å²) in [6, 6.07) is 5.26. The van der Waals surface area contributed by atoms with Crippen LogP contribution in [0.1, 0.15) is 27.2 Å². The fourth-order valence-electron chi connectivity index (χ4n) is 3.62. The highest BCUT2D eigenvalue weighted by Crippen LogP contribution is 2.41. The zero-order valence-corrected chi connectivity index (χ0v) is 17.3. The summed E-state index contributed by atoms with van der Waals surface area (Å²) >= 11 is 1.29. The average molecular weight is 432 g/mol. The highest BCUT2D eigenvalue weighted by molar-refractivity contribution is 7.16. The number of hydrogen-bond donors (Lipinski definition) is 2. The van der Waals surface area contributed by atoms with Crippen molar-refractivity contribution in [3.05, 3.63) is 58.1 Å². The first kappa shape index (κ1) is 20.5. The maximum absolute atomic E-state index is 13.5. The molecule has 1 aliphatic rings. The van der Waals surface area contributed by atoms with E-state index < -0.39 is 11.6 Å². The van der Waals surface area contributed by atoms with Crippen molar-refractivity contribution in [2.45, 2.75) is 32.4 Å². The first-order valence-corrected chi connectivity index (χ1v) is 10.5. The molecule has 1 aliphatic heterocycles. The quantitative estimate of drug-likeness (QED) is 0.626. The van der Waals surface area contributed by atoms with Crippen LogP contribution in [-0.2, 0) is 13.0 Å². The molecule has 4 rings (SSSR count). The zero-order valence-electron chi connectivity index (χ0n) is 16.5. The van der Waals surface area contributed by atoms with Crippen LogP contribution in [0.5, 0.6) is 5.06 Å². The SMILES string of the molecule is Cc1cnn2c1-c1cc(C(=O)N[C@H](CCN)Cc3ccc(F)c(F)c3)sc1OCC2. The number of halogens is 2. The summed E-state index contributed by atoms with van der Waals surface area (Å²) in [6.45, 7) is 3.47. The lowest BCUT2D eigenvalue weighted by molar-refractivity contribution is 0.0939. The fraction of sp³-hybridized carbons (Fsp3) is 0.333. The van der Waals surface area contributed by atoms with Crippen LogP contribution in [0, 0.1) is 18.6 Å². The summed E-state index contributed by atoms with van der Waals surface area (Å²) in [5, 5.41) is 8.04. The van der Waals surface area contributed by atoms with Gasteiger partial charge in [0.1, 0.15) is 6.61 Å². The standard InChI is InChI=1S/C21H22F2N4O2S/c1-12-11-25-27-6-7-29-21-15(19(12)27)10-18(30-21)20(28)26-14(4-5-24)8-13-2-3-16(22)17(23)9-13/h2-3,9-11,14H,4-8,24H2,1H3,(H,26,28)/t14-/m1/s1. The van der Waals surface area contributed by atoms with E-state index in [2.05, 4.69) is 10.4 Å². The average Bonchev–Trinajstić information content (AvgIpc) is 3.24. The smallest absolute Gasteiger partial charge is 0.261 e. The van der Waals surface area contributed by atoms with Crippen LogP contribution in [0.25, 0.3) is 11.3 Å². The van der Waals surface area contributed by atoms with Crippen molar-refractivity contribution in [3.63, 3.8) is 0 Å². The molecule has 6 nitrogen and oxygen atoms in total. The van der Waals surface area contributed by atoms with E-state index in [0.29, 0.717) is 48.0 Å². The molecule has 9 heteroatoms. The second kappa shape index (κ2) is 8.53. The van der Waals surface area contributed by atoms with E-state index in [0.717, 1.165) is 29.0 Å². The summed E-state index contributed by atoms with van der Waals surface area (Å²) in [5.41, 5.74) is 9.12. The van der Waals surface area contributed by atoms with Gasteiger partial charge >= 0.3 is 0 Å². The summed E-state index contributed by atoms with van der Waals surface area (Å²) in [4.78, 5) is 13.4. The monoisotopic (exact) mass is 432 g/mol. The van der Waals surface area contributed by atoms with E-state index in [9.17, 15) is 13.6 Å².